The van der Waals surface area contributed by atoms with Crippen LogP contribution in [0.5, 0.6) is 0 Å². The molecule has 1 saturated heterocycles. The van der Waals surface area contributed by atoms with Gasteiger partial charge < -0.3 is 4.52 Å². The molecule has 0 radical (unpaired) electrons. The van der Waals surface area contributed by atoms with E-state index in [0.717, 1.165) is 43.5 Å². The van der Waals surface area contributed by atoms with Crippen molar-refractivity contribution >= 4 is 0 Å². The normalized spacial score (nSPS) is 22.1. The van der Waals surface area contributed by atoms with E-state index < -0.39 is 0 Å². The van der Waals surface area contributed by atoms with Gasteiger partial charge in [0.05, 0.1) is 12.1 Å². The molecule has 0 unspecified atom stereocenters. The van der Waals surface area contributed by atoms with Gasteiger partial charge in [-0.25, -0.2) is 4.68 Å². The fourth-order valence-electron chi connectivity index (χ4n) is 3.23. The summed E-state index contributed by atoms with van der Waals surface area (Å²) in [5.41, 5.74) is 0. The monoisotopic (exact) mass is 303 g/mol. The van der Waals surface area contributed by atoms with Crippen molar-refractivity contribution in [2.75, 3.05) is 13.1 Å². The third kappa shape index (κ3) is 2.51. The largest absolute Gasteiger partial charge is 0.339 e. The fraction of sp³-hybridized carbons (Fsp3) is 0.786. The van der Waals surface area contributed by atoms with Crippen molar-refractivity contribution in [1.82, 2.24) is 35.2 Å². The van der Waals surface area contributed by atoms with Gasteiger partial charge in [-0.3, -0.25) is 4.90 Å². The summed E-state index contributed by atoms with van der Waals surface area (Å²) in [5, 5.41) is 16.2. The Morgan fingerprint density at radius 1 is 1.18 bits per heavy atom. The predicted octanol–water partition coefficient (Wildman–Crippen LogP) is 1.64. The van der Waals surface area contributed by atoms with Crippen LogP contribution >= 0.6 is 0 Å². The number of aryl methyl sites for hydroxylation is 1. The van der Waals surface area contributed by atoms with Crippen molar-refractivity contribution in [3.05, 3.63) is 17.5 Å². The summed E-state index contributed by atoms with van der Waals surface area (Å²) in [6.45, 7) is 6.07. The zero-order chi connectivity index (χ0) is 15.1. The summed E-state index contributed by atoms with van der Waals surface area (Å²) < 4.78 is 7.33. The summed E-state index contributed by atoms with van der Waals surface area (Å²) in [5.74, 6) is 2.88. The minimum absolute atomic E-state index is 0.251. The maximum absolute atomic E-state index is 5.31. The van der Waals surface area contributed by atoms with Crippen LogP contribution in [0.3, 0.4) is 0 Å². The average molecular weight is 303 g/mol. The summed E-state index contributed by atoms with van der Waals surface area (Å²) in [4.78, 5) is 6.82. The summed E-state index contributed by atoms with van der Waals surface area (Å²) in [6.07, 6.45) is 4.47. The zero-order valence-corrected chi connectivity index (χ0v) is 13.0. The molecule has 0 aromatic carbocycles. The van der Waals surface area contributed by atoms with E-state index in [1.807, 2.05) is 11.6 Å². The second-order valence-electron chi connectivity index (χ2n) is 6.38. The molecule has 1 saturated carbocycles. The smallest absolute Gasteiger partial charge is 0.229 e. The molecular weight excluding hydrogens is 282 g/mol. The first-order valence-electron chi connectivity index (χ1n) is 8.04. The van der Waals surface area contributed by atoms with E-state index in [0.29, 0.717) is 12.0 Å². The van der Waals surface area contributed by atoms with E-state index >= 15 is 0 Å². The first kappa shape index (κ1) is 13.8. The lowest BCUT2D eigenvalue weighted by Gasteiger charge is -2.34. The Morgan fingerprint density at radius 3 is 2.59 bits per heavy atom. The van der Waals surface area contributed by atoms with Gasteiger partial charge in [-0.05, 0) is 63.0 Å². The number of nitrogens with zero attached hydrogens (tertiary/aromatic N) is 7. The van der Waals surface area contributed by atoms with Gasteiger partial charge in [-0.1, -0.05) is 5.16 Å². The van der Waals surface area contributed by atoms with Crippen LogP contribution in [0, 0.1) is 6.92 Å². The second kappa shape index (κ2) is 5.42. The first-order chi connectivity index (χ1) is 10.7. The topological polar surface area (TPSA) is 85.8 Å². The quantitative estimate of drug-likeness (QED) is 0.848. The zero-order valence-electron chi connectivity index (χ0n) is 13.0. The molecule has 4 rings (SSSR count). The predicted molar refractivity (Wildman–Crippen MR) is 77.1 cm³/mol. The minimum Gasteiger partial charge on any atom is -0.339 e. The number of tetrazole rings is 1. The standard InChI is InChI=1S/C14H21N7O/c1-9(13-16-18-19-21(13)12-3-4-12)20-7-5-11(6-8-20)14-15-10(2)17-22-14/h9,11-12H,3-8H2,1-2H3/t9-/m1/s1. The van der Waals surface area contributed by atoms with Gasteiger partial charge in [0.2, 0.25) is 5.89 Å². The Hall–Kier alpha value is -1.83. The fourth-order valence-corrected chi connectivity index (χ4v) is 3.23. The lowest BCUT2D eigenvalue weighted by molar-refractivity contribution is 0.143. The Labute approximate surface area is 128 Å². The number of hydrogen-bond acceptors (Lipinski definition) is 7. The Kier molecular flexibility index (Phi) is 3.40. The molecule has 0 bridgehead atoms. The molecule has 8 heteroatoms. The number of rotatable bonds is 4. The number of likely N-dealkylation sites (tertiary alicyclic amines) is 1. The molecular formula is C14H21N7O. The SMILES string of the molecule is Cc1noc(C2CCN([C@H](C)c3nnnn3C3CC3)CC2)n1. The van der Waals surface area contributed by atoms with Crippen LogP contribution in [0.1, 0.15) is 68.1 Å². The molecule has 1 aliphatic heterocycles. The Bertz CT molecular complexity index is 639. The van der Waals surface area contributed by atoms with Crippen LogP contribution in [0.4, 0.5) is 0 Å². The van der Waals surface area contributed by atoms with Gasteiger partial charge in [0, 0.05) is 5.92 Å². The number of aromatic nitrogens is 6. The highest BCUT2D eigenvalue weighted by Crippen LogP contribution is 2.37. The van der Waals surface area contributed by atoms with Gasteiger partial charge in [-0.15, -0.1) is 5.10 Å². The summed E-state index contributed by atoms with van der Waals surface area (Å²) >= 11 is 0. The van der Waals surface area contributed by atoms with Crippen LogP contribution in [-0.4, -0.2) is 48.3 Å². The Balaban J connectivity index is 1.41. The molecule has 22 heavy (non-hydrogen) atoms. The van der Waals surface area contributed by atoms with Gasteiger partial charge in [0.25, 0.3) is 0 Å². The van der Waals surface area contributed by atoms with Crippen molar-refractivity contribution < 1.29 is 4.52 Å². The molecule has 0 amide bonds. The molecule has 3 heterocycles. The Morgan fingerprint density at radius 2 is 1.95 bits per heavy atom. The molecule has 2 aromatic heterocycles. The molecule has 0 spiro atoms. The molecule has 2 fully saturated rings. The molecule has 8 nitrogen and oxygen atoms in total. The van der Waals surface area contributed by atoms with Crippen molar-refractivity contribution in [3.8, 4) is 0 Å². The lowest BCUT2D eigenvalue weighted by Crippen LogP contribution is -2.36. The second-order valence-corrected chi connectivity index (χ2v) is 6.38. The van der Waals surface area contributed by atoms with Crippen molar-refractivity contribution in [1.29, 1.82) is 0 Å². The third-order valence-corrected chi connectivity index (χ3v) is 4.75. The van der Waals surface area contributed by atoms with Crippen molar-refractivity contribution in [3.63, 3.8) is 0 Å². The van der Waals surface area contributed by atoms with Crippen LogP contribution in [0.15, 0.2) is 4.52 Å². The number of piperidine rings is 1. The third-order valence-electron chi connectivity index (χ3n) is 4.75. The first-order valence-corrected chi connectivity index (χ1v) is 8.04. The molecule has 1 aliphatic carbocycles. The highest BCUT2D eigenvalue weighted by Gasteiger charge is 2.33. The van der Waals surface area contributed by atoms with Crippen LogP contribution in [-0.2, 0) is 0 Å². The van der Waals surface area contributed by atoms with Crippen LogP contribution < -0.4 is 0 Å². The summed E-state index contributed by atoms with van der Waals surface area (Å²) in [6, 6.07) is 0.771. The molecule has 118 valence electrons. The molecule has 2 aliphatic rings. The van der Waals surface area contributed by atoms with E-state index in [1.54, 1.807) is 0 Å². The van der Waals surface area contributed by atoms with E-state index in [2.05, 4.69) is 37.5 Å². The van der Waals surface area contributed by atoms with E-state index in [4.69, 9.17) is 4.52 Å². The van der Waals surface area contributed by atoms with E-state index in [-0.39, 0.29) is 6.04 Å². The maximum Gasteiger partial charge on any atom is 0.229 e. The van der Waals surface area contributed by atoms with Gasteiger partial charge >= 0.3 is 0 Å². The lowest BCUT2D eigenvalue weighted by atomic mass is 9.95. The van der Waals surface area contributed by atoms with Crippen LogP contribution in [0.25, 0.3) is 0 Å². The molecule has 0 N–H and O–H groups in total. The van der Waals surface area contributed by atoms with Gasteiger partial charge in [-0.2, -0.15) is 4.98 Å². The van der Waals surface area contributed by atoms with E-state index in [9.17, 15) is 0 Å². The highest BCUT2D eigenvalue weighted by molar-refractivity contribution is 5.00. The van der Waals surface area contributed by atoms with Crippen LogP contribution in [0.2, 0.25) is 0 Å². The van der Waals surface area contributed by atoms with Crippen molar-refractivity contribution in [2.24, 2.45) is 0 Å². The number of hydrogen-bond donors (Lipinski definition) is 0. The maximum atomic E-state index is 5.31. The van der Waals surface area contributed by atoms with Gasteiger partial charge in [0.15, 0.2) is 11.6 Å². The minimum atomic E-state index is 0.251. The van der Waals surface area contributed by atoms with E-state index in [1.165, 1.54) is 12.8 Å². The summed E-state index contributed by atoms with van der Waals surface area (Å²) in [7, 11) is 0. The highest BCUT2D eigenvalue weighted by atomic mass is 16.5. The van der Waals surface area contributed by atoms with Crippen molar-refractivity contribution in [2.45, 2.75) is 57.5 Å². The molecule has 2 aromatic rings. The average Bonchev–Trinajstić information content (AvgIpc) is 3.10. The molecule has 1 atom stereocenters. The van der Waals surface area contributed by atoms with Gasteiger partial charge in [0.1, 0.15) is 0 Å².